The van der Waals surface area contributed by atoms with Gasteiger partial charge in [0.1, 0.15) is 0 Å². The lowest BCUT2D eigenvalue weighted by atomic mass is 9.75. The highest BCUT2D eigenvalue weighted by Crippen LogP contribution is 2.38. The Morgan fingerprint density at radius 3 is 2.67 bits per heavy atom. The summed E-state index contributed by atoms with van der Waals surface area (Å²) < 4.78 is 0. The molecule has 1 saturated carbocycles. The van der Waals surface area contributed by atoms with Crippen molar-refractivity contribution in [2.24, 2.45) is 17.8 Å². The molecule has 0 aromatic heterocycles. The maximum atomic E-state index is 6.42. The van der Waals surface area contributed by atoms with Crippen LogP contribution in [-0.2, 0) is 0 Å². The standard InChI is InChI=1S/C13H25ClS/c1-4-15-8-7-12-9-11(10(2)3)5-6-13(12)14/h10-13H,4-9H2,1-3H3. The fraction of sp³-hybridized carbons (Fsp3) is 1.00. The van der Waals surface area contributed by atoms with Gasteiger partial charge in [0, 0.05) is 5.38 Å². The van der Waals surface area contributed by atoms with Gasteiger partial charge in [0.15, 0.2) is 0 Å². The average molecular weight is 249 g/mol. The topological polar surface area (TPSA) is 0 Å². The second-order valence-electron chi connectivity index (χ2n) is 5.08. The highest BCUT2D eigenvalue weighted by Gasteiger charge is 2.29. The molecule has 90 valence electrons. The lowest BCUT2D eigenvalue weighted by molar-refractivity contribution is 0.216. The van der Waals surface area contributed by atoms with Crippen LogP contribution in [0.2, 0.25) is 0 Å². The minimum Gasteiger partial charge on any atom is -0.162 e. The normalized spacial score (nSPS) is 32.2. The van der Waals surface area contributed by atoms with Gasteiger partial charge in [0.25, 0.3) is 0 Å². The summed E-state index contributed by atoms with van der Waals surface area (Å²) in [6.45, 7) is 6.95. The van der Waals surface area contributed by atoms with E-state index in [1.54, 1.807) is 0 Å². The first-order valence-corrected chi connectivity index (χ1v) is 7.96. The zero-order valence-corrected chi connectivity index (χ0v) is 11.9. The first-order chi connectivity index (χ1) is 7.15. The highest BCUT2D eigenvalue weighted by molar-refractivity contribution is 7.99. The summed E-state index contributed by atoms with van der Waals surface area (Å²) in [6, 6.07) is 0. The van der Waals surface area contributed by atoms with Crippen LogP contribution in [0.1, 0.15) is 46.5 Å². The summed E-state index contributed by atoms with van der Waals surface area (Å²) in [6.07, 6.45) is 5.29. The Morgan fingerprint density at radius 2 is 2.07 bits per heavy atom. The Labute approximate surface area is 105 Å². The molecule has 0 radical (unpaired) electrons. The number of hydrogen-bond donors (Lipinski definition) is 0. The number of hydrogen-bond acceptors (Lipinski definition) is 1. The van der Waals surface area contributed by atoms with E-state index in [0.29, 0.717) is 5.38 Å². The van der Waals surface area contributed by atoms with Gasteiger partial charge in [-0.1, -0.05) is 20.8 Å². The number of alkyl halides is 1. The van der Waals surface area contributed by atoms with Crippen molar-refractivity contribution in [2.45, 2.75) is 51.8 Å². The first-order valence-electron chi connectivity index (χ1n) is 6.37. The first kappa shape index (κ1) is 13.7. The molecule has 1 rings (SSSR count). The van der Waals surface area contributed by atoms with Crippen LogP contribution in [-0.4, -0.2) is 16.9 Å². The lowest BCUT2D eigenvalue weighted by Gasteiger charge is -2.35. The van der Waals surface area contributed by atoms with Crippen molar-refractivity contribution in [3.8, 4) is 0 Å². The average Bonchev–Trinajstić information content (AvgIpc) is 2.20. The van der Waals surface area contributed by atoms with E-state index in [1.807, 2.05) is 0 Å². The van der Waals surface area contributed by atoms with Crippen molar-refractivity contribution in [1.29, 1.82) is 0 Å². The molecule has 2 heteroatoms. The molecule has 1 aliphatic carbocycles. The van der Waals surface area contributed by atoms with Crippen molar-refractivity contribution < 1.29 is 0 Å². The van der Waals surface area contributed by atoms with Crippen molar-refractivity contribution in [3.63, 3.8) is 0 Å². The second-order valence-corrected chi connectivity index (χ2v) is 7.03. The highest BCUT2D eigenvalue weighted by atomic mass is 35.5. The number of rotatable bonds is 5. The van der Waals surface area contributed by atoms with Crippen LogP contribution < -0.4 is 0 Å². The van der Waals surface area contributed by atoms with Gasteiger partial charge in [0.2, 0.25) is 0 Å². The number of thioether (sulfide) groups is 1. The molecule has 1 fully saturated rings. The third kappa shape index (κ3) is 4.56. The van der Waals surface area contributed by atoms with E-state index in [0.717, 1.165) is 17.8 Å². The quantitative estimate of drug-likeness (QED) is 0.497. The van der Waals surface area contributed by atoms with Crippen LogP contribution in [0.25, 0.3) is 0 Å². The zero-order valence-electron chi connectivity index (χ0n) is 10.3. The van der Waals surface area contributed by atoms with Crippen LogP contribution in [0.4, 0.5) is 0 Å². The molecule has 0 nitrogen and oxygen atoms in total. The SMILES string of the molecule is CCSCCC1CC(C(C)C)CCC1Cl. The summed E-state index contributed by atoms with van der Waals surface area (Å²) in [5.74, 6) is 5.10. The molecule has 15 heavy (non-hydrogen) atoms. The van der Waals surface area contributed by atoms with Crippen LogP contribution in [0.5, 0.6) is 0 Å². The molecule has 0 aromatic rings. The summed E-state index contributed by atoms with van der Waals surface area (Å²) in [5, 5.41) is 0.456. The molecule has 0 heterocycles. The summed E-state index contributed by atoms with van der Waals surface area (Å²) in [7, 11) is 0. The third-order valence-corrected chi connectivity index (χ3v) is 5.22. The predicted molar refractivity (Wildman–Crippen MR) is 72.9 cm³/mol. The summed E-state index contributed by atoms with van der Waals surface area (Å²) in [5.41, 5.74) is 0. The molecule has 0 saturated heterocycles. The van der Waals surface area contributed by atoms with Crippen LogP contribution in [0, 0.1) is 17.8 Å². The smallest absolute Gasteiger partial charge is 0.0364 e. The van der Waals surface area contributed by atoms with Gasteiger partial charge >= 0.3 is 0 Å². The molecule has 0 aliphatic heterocycles. The fourth-order valence-corrected chi connectivity index (χ4v) is 3.66. The monoisotopic (exact) mass is 248 g/mol. The van der Waals surface area contributed by atoms with Crippen LogP contribution in [0.15, 0.2) is 0 Å². The zero-order chi connectivity index (χ0) is 11.3. The third-order valence-electron chi connectivity index (χ3n) is 3.71. The molecule has 0 bridgehead atoms. The van der Waals surface area contributed by atoms with Gasteiger partial charge in [-0.15, -0.1) is 11.6 Å². The molecule has 3 unspecified atom stereocenters. The number of halogens is 1. The molecule has 3 atom stereocenters. The van der Waals surface area contributed by atoms with E-state index in [9.17, 15) is 0 Å². The van der Waals surface area contributed by atoms with Gasteiger partial charge in [-0.05, 0) is 54.9 Å². The van der Waals surface area contributed by atoms with Gasteiger partial charge in [0.05, 0.1) is 0 Å². The molecule has 0 amide bonds. The van der Waals surface area contributed by atoms with E-state index in [2.05, 4.69) is 32.5 Å². The molecule has 0 aromatic carbocycles. The van der Waals surface area contributed by atoms with Crippen molar-refractivity contribution >= 4 is 23.4 Å². The van der Waals surface area contributed by atoms with E-state index < -0.39 is 0 Å². The largest absolute Gasteiger partial charge is 0.162 e. The Hall–Kier alpha value is 0.640. The fourth-order valence-electron chi connectivity index (χ4n) is 2.55. The maximum absolute atomic E-state index is 6.42. The minimum atomic E-state index is 0.456. The minimum absolute atomic E-state index is 0.456. The van der Waals surface area contributed by atoms with Gasteiger partial charge in [-0.3, -0.25) is 0 Å². The van der Waals surface area contributed by atoms with Crippen molar-refractivity contribution in [1.82, 2.24) is 0 Å². The molecular formula is C13H25ClS. The molecule has 0 N–H and O–H groups in total. The Kier molecular flexibility index (Phi) is 6.45. The summed E-state index contributed by atoms with van der Waals surface area (Å²) in [4.78, 5) is 0. The van der Waals surface area contributed by atoms with Crippen molar-refractivity contribution in [2.75, 3.05) is 11.5 Å². The lowest BCUT2D eigenvalue weighted by Crippen LogP contribution is -2.28. The second kappa shape index (κ2) is 7.06. The Morgan fingerprint density at radius 1 is 1.33 bits per heavy atom. The Balaban J connectivity index is 2.32. The van der Waals surface area contributed by atoms with Gasteiger partial charge in [-0.25, -0.2) is 0 Å². The van der Waals surface area contributed by atoms with Crippen LogP contribution >= 0.6 is 23.4 Å². The molecule has 1 aliphatic rings. The van der Waals surface area contributed by atoms with Gasteiger partial charge in [-0.2, -0.15) is 11.8 Å². The molecule has 0 spiro atoms. The summed E-state index contributed by atoms with van der Waals surface area (Å²) >= 11 is 8.48. The van der Waals surface area contributed by atoms with E-state index in [-0.39, 0.29) is 0 Å². The van der Waals surface area contributed by atoms with Gasteiger partial charge < -0.3 is 0 Å². The van der Waals surface area contributed by atoms with E-state index >= 15 is 0 Å². The van der Waals surface area contributed by atoms with Crippen molar-refractivity contribution in [3.05, 3.63) is 0 Å². The maximum Gasteiger partial charge on any atom is 0.0364 e. The predicted octanol–water partition coefficient (Wildman–Crippen LogP) is 4.81. The Bertz CT molecular complexity index is 170. The van der Waals surface area contributed by atoms with E-state index in [1.165, 1.54) is 37.2 Å². The molecular weight excluding hydrogens is 224 g/mol. The van der Waals surface area contributed by atoms with E-state index in [4.69, 9.17) is 11.6 Å². The van der Waals surface area contributed by atoms with Crippen LogP contribution in [0.3, 0.4) is 0 Å².